The molecule has 1 aliphatic heterocycles. The summed E-state index contributed by atoms with van der Waals surface area (Å²) in [7, 11) is 1.59. The Bertz CT molecular complexity index is 322. The van der Waals surface area contributed by atoms with Crippen molar-refractivity contribution in [1.82, 2.24) is 0 Å². The van der Waals surface area contributed by atoms with Gasteiger partial charge in [0.25, 0.3) is 0 Å². The van der Waals surface area contributed by atoms with Crippen molar-refractivity contribution in [3.63, 3.8) is 0 Å². The predicted molar refractivity (Wildman–Crippen MR) is 63.6 cm³/mol. The van der Waals surface area contributed by atoms with E-state index in [0.29, 0.717) is 12.2 Å². The van der Waals surface area contributed by atoms with E-state index in [1.165, 1.54) is 0 Å². The third-order valence-electron chi connectivity index (χ3n) is 2.05. The highest BCUT2D eigenvalue weighted by Crippen LogP contribution is 2.35. The molecule has 0 atom stereocenters. The van der Waals surface area contributed by atoms with Crippen LogP contribution in [0.15, 0.2) is 36.6 Å². The lowest BCUT2D eigenvalue weighted by Crippen LogP contribution is -2.18. The smallest absolute Gasteiger partial charge is 0.248 e. The van der Waals surface area contributed by atoms with E-state index in [-0.39, 0.29) is 6.29 Å². The molecular formula is C13H18O3. The molecule has 3 nitrogen and oxygen atoms in total. The molecule has 0 unspecified atom stereocenters. The molecule has 1 aliphatic rings. The molecule has 0 bridgehead atoms. The molecule has 3 heteroatoms. The fourth-order valence-corrected chi connectivity index (χ4v) is 1.30. The Morgan fingerprint density at radius 1 is 1.25 bits per heavy atom. The van der Waals surface area contributed by atoms with E-state index in [0.717, 1.165) is 11.5 Å². The van der Waals surface area contributed by atoms with E-state index in [1.807, 2.05) is 38.1 Å². The molecule has 16 heavy (non-hydrogen) atoms. The van der Waals surface area contributed by atoms with E-state index in [1.54, 1.807) is 7.11 Å². The molecule has 2 rings (SSSR count). The van der Waals surface area contributed by atoms with Crippen LogP contribution in [0, 0.1) is 0 Å². The summed E-state index contributed by atoms with van der Waals surface area (Å²) in [5.74, 6) is 2.21. The van der Waals surface area contributed by atoms with E-state index in [9.17, 15) is 0 Å². The van der Waals surface area contributed by atoms with Gasteiger partial charge >= 0.3 is 0 Å². The minimum atomic E-state index is -0.306. The van der Waals surface area contributed by atoms with Gasteiger partial charge in [0.15, 0.2) is 11.5 Å². The molecule has 0 saturated heterocycles. The average Bonchev–Trinajstić information content (AvgIpc) is 2.73. The molecule has 0 saturated carbocycles. The van der Waals surface area contributed by atoms with Crippen molar-refractivity contribution in [3.05, 3.63) is 36.6 Å². The van der Waals surface area contributed by atoms with Gasteiger partial charge in [-0.15, -0.1) is 0 Å². The zero-order chi connectivity index (χ0) is 12.0. The highest BCUT2D eigenvalue weighted by atomic mass is 16.7. The Morgan fingerprint density at radius 3 is 2.19 bits per heavy atom. The minimum Gasteiger partial charge on any atom is -0.501 e. The van der Waals surface area contributed by atoms with Gasteiger partial charge in [0.05, 0.1) is 19.3 Å². The maximum Gasteiger partial charge on any atom is 0.248 e. The number of hydrogen-bond acceptors (Lipinski definition) is 3. The largest absolute Gasteiger partial charge is 0.501 e. The highest BCUT2D eigenvalue weighted by Gasteiger charge is 2.24. The van der Waals surface area contributed by atoms with Gasteiger partial charge in [0.2, 0.25) is 6.29 Å². The Labute approximate surface area is 96.6 Å². The Balaban J connectivity index is 0.000000606. The second kappa shape index (κ2) is 6.05. The van der Waals surface area contributed by atoms with Gasteiger partial charge in [0.1, 0.15) is 0 Å². The minimum absolute atomic E-state index is 0.306. The highest BCUT2D eigenvalue weighted by molar-refractivity contribution is 5.41. The summed E-state index contributed by atoms with van der Waals surface area (Å²) >= 11 is 0. The first kappa shape index (κ1) is 12.4. The van der Waals surface area contributed by atoms with Crippen LogP contribution in [0.1, 0.15) is 20.3 Å². The molecule has 0 fully saturated rings. The molecule has 1 aromatic carbocycles. The van der Waals surface area contributed by atoms with Crippen molar-refractivity contribution in [1.29, 1.82) is 0 Å². The Kier molecular flexibility index (Phi) is 4.70. The zero-order valence-electron chi connectivity index (χ0n) is 10.0. The van der Waals surface area contributed by atoms with Gasteiger partial charge in [-0.25, -0.2) is 0 Å². The normalized spacial score (nSPS) is 12.7. The molecule has 0 N–H and O–H groups in total. The first-order valence-electron chi connectivity index (χ1n) is 5.43. The number of para-hydroxylation sites is 2. The van der Waals surface area contributed by atoms with Crippen LogP contribution in [0.3, 0.4) is 0 Å². The summed E-state index contributed by atoms with van der Waals surface area (Å²) in [5.41, 5.74) is 0. The lowest BCUT2D eigenvalue weighted by atomic mass is 10.3. The van der Waals surface area contributed by atoms with Crippen LogP contribution >= 0.6 is 0 Å². The fraction of sp³-hybridized carbons (Fsp3) is 0.385. The van der Waals surface area contributed by atoms with Gasteiger partial charge in [-0.1, -0.05) is 32.6 Å². The third kappa shape index (κ3) is 2.92. The van der Waals surface area contributed by atoms with Crippen molar-refractivity contribution in [3.8, 4) is 11.5 Å². The van der Waals surface area contributed by atoms with E-state index >= 15 is 0 Å². The summed E-state index contributed by atoms with van der Waals surface area (Å²) in [4.78, 5) is 0. The van der Waals surface area contributed by atoms with Crippen molar-refractivity contribution in [2.24, 2.45) is 0 Å². The van der Waals surface area contributed by atoms with Crippen molar-refractivity contribution in [2.45, 2.75) is 26.6 Å². The number of benzene rings is 1. The predicted octanol–water partition coefficient (Wildman–Crippen LogP) is 3.36. The summed E-state index contributed by atoms with van der Waals surface area (Å²) in [6.45, 7) is 7.72. The summed E-state index contributed by atoms with van der Waals surface area (Å²) in [6, 6.07) is 7.58. The van der Waals surface area contributed by atoms with Crippen LogP contribution in [0.5, 0.6) is 11.5 Å². The van der Waals surface area contributed by atoms with Gasteiger partial charge in [0, 0.05) is 0 Å². The van der Waals surface area contributed by atoms with Crippen LogP contribution in [0.2, 0.25) is 0 Å². The molecule has 0 aliphatic carbocycles. The van der Waals surface area contributed by atoms with Crippen molar-refractivity contribution in [2.75, 3.05) is 7.11 Å². The maximum absolute atomic E-state index is 5.52. The van der Waals surface area contributed by atoms with Crippen LogP contribution in [0.4, 0.5) is 0 Å². The summed E-state index contributed by atoms with van der Waals surface area (Å²) in [5, 5.41) is 0. The first-order valence-corrected chi connectivity index (χ1v) is 5.43. The number of rotatable bonds is 3. The van der Waals surface area contributed by atoms with Crippen LogP contribution in [-0.4, -0.2) is 13.4 Å². The molecule has 1 heterocycles. The average molecular weight is 222 g/mol. The van der Waals surface area contributed by atoms with E-state index in [4.69, 9.17) is 14.2 Å². The van der Waals surface area contributed by atoms with Gasteiger partial charge in [-0.3, -0.25) is 0 Å². The third-order valence-corrected chi connectivity index (χ3v) is 2.05. The van der Waals surface area contributed by atoms with Crippen molar-refractivity contribution < 1.29 is 14.2 Å². The fourth-order valence-electron chi connectivity index (χ4n) is 1.30. The number of methoxy groups -OCH3 is 1. The number of ether oxygens (including phenoxy) is 3. The van der Waals surface area contributed by atoms with E-state index < -0.39 is 0 Å². The second-order valence-electron chi connectivity index (χ2n) is 3.06. The Hall–Kier alpha value is -1.64. The molecule has 0 spiro atoms. The van der Waals surface area contributed by atoms with E-state index in [2.05, 4.69) is 6.58 Å². The molecule has 1 aromatic rings. The monoisotopic (exact) mass is 222 g/mol. The lowest BCUT2D eigenvalue weighted by Gasteiger charge is -2.10. The molecule has 0 amide bonds. The molecular weight excluding hydrogens is 204 g/mol. The number of hydrogen-bond donors (Lipinski definition) is 0. The van der Waals surface area contributed by atoms with Crippen molar-refractivity contribution >= 4 is 0 Å². The first-order chi connectivity index (χ1) is 7.79. The second-order valence-corrected chi connectivity index (χ2v) is 3.06. The zero-order valence-corrected chi connectivity index (χ0v) is 10.0. The van der Waals surface area contributed by atoms with Gasteiger partial charge in [-0.05, 0) is 12.1 Å². The van der Waals surface area contributed by atoms with Crippen LogP contribution < -0.4 is 9.47 Å². The summed E-state index contributed by atoms with van der Waals surface area (Å²) < 4.78 is 16.0. The topological polar surface area (TPSA) is 27.7 Å². The maximum atomic E-state index is 5.52. The SMILES string of the molecule is C=C(CC1Oc2ccccc2O1)OC.CC. The van der Waals surface area contributed by atoms with Gasteiger partial charge in [-0.2, -0.15) is 0 Å². The standard InChI is InChI=1S/C11H12O3.C2H6/c1-8(12-2)7-11-13-9-5-3-4-6-10(9)14-11;1-2/h3-6,11H,1,7H2,2H3;1-2H3. The Morgan fingerprint density at radius 2 is 1.75 bits per heavy atom. The molecule has 0 aromatic heterocycles. The van der Waals surface area contributed by atoms with Gasteiger partial charge < -0.3 is 14.2 Å². The quantitative estimate of drug-likeness (QED) is 0.734. The van der Waals surface area contributed by atoms with Crippen LogP contribution in [0.25, 0.3) is 0 Å². The van der Waals surface area contributed by atoms with Crippen LogP contribution in [-0.2, 0) is 4.74 Å². The molecule has 88 valence electrons. The lowest BCUT2D eigenvalue weighted by molar-refractivity contribution is 0.0379. The number of fused-ring (bicyclic) bond motifs is 1. The summed E-state index contributed by atoms with van der Waals surface area (Å²) in [6.07, 6.45) is 0.241. The molecule has 0 radical (unpaired) electrons.